The zero-order valence-electron chi connectivity index (χ0n) is 15.9. The minimum Gasteiger partial charge on any atom is -0.444 e. The lowest BCUT2D eigenvalue weighted by atomic mass is 10.2. The molecule has 0 spiro atoms. The first-order valence-electron chi connectivity index (χ1n) is 9.03. The fourth-order valence-electron chi connectivity index (χ4n) is 2.54. The van der Waals surface area contributed by atoms with Crippen LogP contribution in [0.2, 0.25) is 0 Å². The van der Waals surface area contributed by atoms with Crippen LogP contribution in [0.4, 0.5) is 8.78 Å². The summed E-state index contributed by atoms with van der Waals surface area (Å²) in [4.78, 5) is 11.4. The highest BCUT2D eigenvalue weighted by Crippen LogP contribution is 2.20. The number of oxazole rings is 2. The van der Waals surface area contributed by atoms with Crippen molar-refractivity contribution in [1.82, 2.24) is 9.97 Å². The lowest BCUT2D eigenvalue weighted by Crippen LogP contribution is -2.02. The maximum Gasteiger partial charge on any atom is 0.259 e. The van der Waals surface area contributed by atoms with E-state index in [0.29, 0.717) is 41.6 Å². The average molecular weight is 408 g/mol. The molecule has 152 valence electrons. The number of nitrogens with zero attached hydrogens (tertiary/aromatic N) is 3. The lowest BCUT2D eigenvalue weighted by molar-refractivity contribution is 0.570. The average Bonchev–Trinajstić information content (AvgIpc) is 3.39. The van der Waals surface area contributed by atoms with Gasteiger partial charge in [-0.25, -0.2) is 25.3 Å². The molecule has 0 bridgehead atoms. The molecule has 6 nitrogen and oxygen atoms in total. The fraction of sp³-hybridized carbons (Fsp3) is 0.136. The van der Waals surface area contributed by atoms with Crippen molar-refractivity contribution in [3.8, 4) is 22.9 Å². The van der Waals surface area contributed by atoms with E-state index in [1.165, 1.54) is 30.5 Å². The van der Waals surface area contributed by atoms with Crippen LogP contribution in [0.1, 0.15) is 11.4 Å². The molecular formula is C22H18F2N4O2. The Morgan fingerprint density at radius 3 is 1.90 bits per heavy atom. The summed E-state index contributed by atoms with van der Waals surface area (Å²) >= 11 is 0. The van der Waals surface area contributed by atoms with Gasteiger partial charge in [0.05, 0.1) is 5.69 Å². The summed E-state index contributed by atoms with van der Waals surface area (Å²) < 4.78 is 36.2. The number of benzene rings is 2. The van der Waals surface area contributed by atoms with Crippen molar-refractivity contribution in [1.29, 1.82) is 0 Å². The Hall–Kier alpha value is -3.83. The SMILES string of the molecule is NCCc1coc(-c2cccc(F)c2)n1.[C-]#[N+]Cc1coc(-c2cccc(F)c2)n1. The number of hydrogen-bond donors (Lipinski definition) is 1. The molecule has 2 heterocycles. The van der Waals surface area contributed by atoms with E-state index in [9.17, 15) is 8.78 Å². The number of nitrogens with two attached hydrogens (primary N) is 1. The standard InChI is InChI=1S/C11H7FN2O.C11H11FN2O/c1-13-6-10-7-15-11(14-10)8-3-2-4-9(12)5-8;12-9-3-1-2-8(6-9)11-14-10(4-5-13)7-15-11/h2-5,7H,6H2;1-3,6-7H,4-5,13H2. The van der Waals surface area contributed by atoms with Gasteiger partial charge < -0.3 is 19.4 Å². The van der Waals surface area contributed by atoms with Crippen LogP contribution in [0.15, 0.2) is 69.9 Å². The number of hydrogen-bond acceptors (Lipinski definition) is 5. The Morgan fingerprint density at radius 2 is 1.40 bits per heavy atom. The van der Waals surface area contributed by atoms with Gasteiger partial charge in [0.15, 0.2) is 5.69 Å². The Balaban J connectivity index is 0.000000171. The molecule has 2 N–H and O–H groups in total. The first-order valence-corrected chi connectivity index (χ1v) is 9.03. The molecule has 30 heavy (non-hydrogen) atoms. The highest BCUT2D eigenvalue weighted by Gasteiger charge is 2.08. The first-order chi connectivity index (χ1) is 14.6. The van der Waals surface area contributed by atoms with Crippen molar-refractivity contribution in [3.63, 3.8) is 0 Å². The van der Waals surface area contributed by atoms with Crippen molar-refractivity contribution in [2.45, 2.75) is 13.0 Å². The molecular weight excluding hydrogens is 390 g/mol. The van der Waals surface area contributed by atoms with E-state index in [1.54, 1.807) is 30.5 Å². The van der Waals surface area contributed by atoms with E-state index >= 15 is 0 Å². The van der Waals surface area contributed by atoms with Gasteiger partial charge in [-0.15, -0.1) is 0 Å². The van der Waals surface area contributed by atoms with Gasteiger partial charge in [-0.2, -0.15) is 0 Å². The monoisotopic (exact) mass is 408 g/mol. The van der Waals surface area contributed by atoms with Gasteiger partial charge in [0.1, 0.15) is 24.2 Å². The Morgan fingerprint density at radius 1 is 0.867 bits per heavy atom. The molecule has 4 rings (SSSR count). The highest BCUT2D eigenvalue weighted by atomic mass is 19.1. The predicted octanol–water partition coefficient (Wildman–Crippen LogP) is 4.88. The van der Waals surface area contributed by atoms with E-state index in [-0.39, 0.29) is 18.2 Å². The first kappa shape index (κ1) is 20.9. The normalized spacial score (nSPS) is 10.2. The molecule has 0 atom stereocenters. The molecule has 0 amide bonds. The lowest BCUT2D eigenvalue weighted by Gasteiger charge is -1.94. The van der Waals surface area contributed by atoms with Gasteiger partial charge in [0.25, 0.3) is 6.54 Å². The second-order valence-electron chi connectivity index (χ2n) is 6.16. The summed E-state index contributed by atoms with van der Waals surface area (Å²) in [6, 6.07) is 12.1. The van der Waals surface area contributed by atoms with Crippen LogP contribution in [0.5, 0.6) is 0 Å². The molecule has 0 radical (unpaired) electrons. The van der Waals surface area contributed by atoms with Crippen molar-refractivity contribution in [2.24, 2.45) is 5.73 Å². The topological polar surface area (TPSA) is 82.4 Å². The quantitative estimate of drug-likeness (QED) is 0.476. The van der Waals surface area contributed by atoms with Crippen LogP contribution in [0.3, 0.4) is 0 Å². The van der Waals surface area contributed by atoms with E-state index in [4.69, 9.17) is 21.1 Å². The molecule has 0 aliphatic rings. The molecule has 2 aromatic heterocycles. The van der Waals surface area contributed by atoms with Crippen LogP contribution in [-0.4, -0.2) is 16.5 Å². The molecule has 0 aliphatic heterocycles. The second-order valence-corrected chi connectivity index (χ2v) is 6.16. The van der Waals surface area contributed by atoms with Gasteiger partial charge in [0.2, 0.25) is 11.8 Å². The van der Waals surface area contributed by atoms with E-state index in [1.807, 2.05) is 0 Å². The highest BCUT2D eigenvalue weighted by molar-refractivity contribution is 5.53. The van der Waals surface area contributed by atoms with Crippen LogP contribution >= 0.6 is 0 Å². The second kappa shape index (κ2) is 10.1. The van der Waals surface area contributed by atoms with Gasteiger partial charge in [0, 0.05) is 17.5 Å². The molecule has 0 saturated carbocycles. The van der Waals surface area contributed by atoms with Gasteiger partial charge >= 0.3 is 0 Å². The zero-order chi connectivity index (χ0) is 21.3. The van der Waals surface area contributed by atoms with Crippen LogP contribution in [0, 0.1) is 18.2 Å². The third-order valence-corrected chi connectivity index (χ3v) is 3.89. The van der Waals surface area contributed by atoms with Crippen LogP contribution in [-0.2, 0) is 13.0 Å². The Bertz CT molecular complexity index is 1150. The van der Waals surface area contributed by atoms with Gasteiger partial charge in [-0.3, -0.25) is 0 Å². The zero-order valence-corrected chi connectivity index (χ0v) is 15.9. The molecule has 0 unspecified atom stereocenters. The van der Waals surface area contributed by atoms with E-state index in [0.717, 1.165) is 5.69 Å². The summed E-state index contributed by atoms with van der Waals surface area (Å²) in [5.41, 5.74) is 7.95. The van der Waals surface area contributed by atoms with Crippen LogP contribution in [0.25, 0.3) is 27.8 Å². The third kappa shape index (κ3) is 5.59. The minimum absolute atomic E-state index is 0.179. The van der Waals surface area contributed by atoms with Crippen molar-refractivity contribution in [3.05, 3.63) is 95.5 Å². The predicted molar refractivity (Wildman–Crippen MR) is 107 cm³/mol. The van der Waals surface area contributed by atoms with Crippen molar-refractivity contribution < 1.29 is 17.6 Å². The number of aromatic nitrogens is 2. The summed E-state index contributed by atoms with van der Waals surface area (Å²) in [6.45, 7) is 7.37. The molecule has 8 heteroatoms. The van der Waals surface area contributed by atoms with Gasteiger partial charge in [-0.1, -0.05) is 12.1 Å². The summed E-state index contributed by atoms with van der Waals surface area (Å²) in [5, 5.41) is 0. The summed E-state index contributed by atoms with van der Waals surface area (Å²) in [5.74, 6) is 0.134. The smallest absolute Gasteiger partial charge is 0.259 e. The number of halogens is 2. The minimum atomic E-state index is -0.336. The van der Waals surface area contributed by atoms with E-state index in [2.05, 4.69) is 14.8 Å². The van der Waals surface area contributed by atoms with Crippen molar-refractivity contribution in [2.75, 3.05) is 6.54 Å². The molecule has 0 aliphatic carbocycles. The summed E-state index contributed by atoms with van der Waals surface area (Å²) in [7, 11) is 0. The maximum atomic E-state index is 12.9. The Kier molecular flexibility index (Phi) is 7.03. The molecule has 0 fully saturated rings. The summed E-state index contributed by atoms with van der Waals surface area (Å²) in [6.07, 6.45) is 3.63. The van der Waals surface area contributed by atoms with Crippen molar-refractivity contribution >= 4 is 0 Å². The maximum absolute atomic E-state index is 12.9. The molecule has 0 saturated heterocycles. The Labute approximate surface area is 171 Å². The van der Waals surface area contributed by atoms with E-state index < -0.39 is 0 Å². The molecule has 4 aromatic rings. The van der Waals surface area contributed by atoms with Gasteiger partial charge in [-0.05, 0) is 42.9 Å². The molecule has 2 aromatic carbocycles. The third-order valence-electron chi connectivity index (χ3n) is 3.89. The largest absolute Gasteiger partial charge is 0.444 e. The van der Waals surface area contributed by atoms with Crippen LogP contribution < -0.4 is 5.73 Å². The fourth-order valence-corrected chi connectivity index (χ4v) is 2.54. The number of rotatable bonds is 5.